The SMILES string of the molecule is CCN(Cc1ccc(CO)o1)Cc1cccc2c1OCCO2. The van der Waals surface area contributed by atoms with E-state index >= 15 is 0 Å². The highest BCUT2D eigenvalue weighted by atomic mass is 16.6. The first-order valence-electron chi connectivity index (χ1n) is 7.58. The summed E-state index contributed by atoms with van der Waals surface area (Å²) in [5.41, 5.74) is 1.12. The van der Waals surface area contributed by atoms with Crippen LogP contribution in [0.25, 0.3) is 0 Å². The number of fused-ring (bicyclic) bond motifs is 1. The quantitative estimate of drug-likeness (QED) is 0.889. The molecule has 0 saturated heterocycles. The third kappa shape index (κ3) is 3.26. The molecule has 1 aromatic heterocycles. The highest BCUT2D eigenvalue weighted by Crippen LogP contribution is 2.34. The number of furan rings is 1. The van der Waals surface area contributed by atoms with Crippen LogP contribution in [0.15, 0.2) is 34.7 Å². The molecule has 0 spiro atoms. The Balaban J connectivity index is 1.72. The Hall–Kier alpha value is -1.98. The van der Waals surface area contributed by atoms with Crippen LogP contribution in [0.4, 0.5) is 0 Å². The molecule has 2 aromatic rings. The second-order valence-corrected chi connectivity index (χ2v) is 5.27. The molecule has 0 fully saturated rings. The van der Waals surface area contributed by atoms with E-state index < -0.39 is 0 Å². The molecule has 0 saturated carbocycles. The molecule has 5 nitrogen and oxygen atoms in total. The Labute approximate surface area is 130 Å². The second-order valence-electron chi connectivity index (χ2n) is 5.27. The van der Waals surface area contributed by atoms with Crippen molar-refractivity contribution in [2.45, 2.75) is 26.6 Å². The Bertz CT molecular complexity index is 623. The van der Waals surface area contributed by atoms with E-state index in [4.69, 9.17) is 19.0 Å². The first-order valence-corrected chi connectivity index (χ1v) is 7.58. The van der Waals surface area contributed by atoms with E-state index in [1.54, 1.807) is 0 Å². The number of ether oxygens (including phenoxy) is 2. The third-order valence-corrected chi connectivity index (χ3v) is 3.74. The van der Waals surface area contributed by atoms with Gasteiger partial charge in [0.1, 0.15) is 31.3 Å². The molecule has 5 heteroatoms. The number of hydrogen-bond donors (Lipinski definition) is 1. The van der Waals surface area contributed by atoms with Gasteiger partial charge in [0.15, 0.2) is 11.5 Å². The molecule has 2 heterocycles. The van der Waals surface area contributed by atoms with Crippen LogP contribution in [0.5, 0.6) is 11.5 Å². The van der Waals surface area contributed by atoms with E-state index in [1.165, 1.54) is 0 Å². The number of hydrogen-bond acceptors (Lipinski definition) is 5. The normalized spacial score (nSPS) is 13.6. The number of rotatable bonds is 6. The predicted molar refractivity (Wildman–Crippen MR) is 81.9 cm³/mol. The van der Waals surface area contributed by atoms with Crippen LogP contribution >= 0.6 is 0 Å². The molecule has 0 radical (unpaired) electrons. The van der Waals surface area contributed by atoms with E-state index in [1.807, 2.05) is 24.3 Å². The predicted octanol–water partition coefficient (Wildman–Crippen LogP) is 2.57. The van der Waals surface area contributed by atoms with Crippen LogP contribution in [0.2, 0.25) is 0 Å². The van der Waals surface area contributed by atoms with Crippen molar-refractivity contribution in [2.75, 3.05) is 19.8 Å². The summed E-state index contributed by atoms with van der Waals surface area (Å²) in [4.78, 5) is 2.26. The van der Waals surface area contributed by atoms with Crippen LogP contribution < -0.4 is 9.47 Å². The molecule has 0 unspecified atom stereocenters. The molecular weight excluding hydrogens is 282 g/mol. The number of nitrogens with zero attached hydrogens (tertiary/aromatic N) is 1. The topological polar surface area (TPSA) is 55.1 Å². The summed E-state index contributed by atoms with van der Waals surface area (Å²) in [5.74, 6) is 3.12. The maximum absolute atomic E-state index is 9.07. The lowest BCUT2D eigenvalue weighted by Gasteiger charge is -2.24. The molecule has 118 valence electrons. The van der Waals surface area contributed by atoms with Crippen molar-refractivity contribution in [1.82, 2.24) is 4.90 Å². The summed E-state index contributed by atoms with van der Waals surface area (Å²) in [6.45, 7) is 5.59. The van der Waals surface area contributed by atoms with Crippen LogP contribution in [0.1, 0.15) is 24.0 Å². The smallest absolute Gasteiger partial charge is 0.165 e. The first kappa shape index (κ1) is 14.9. The van der Waals surface area contributed by atoms with Crippen molar-refractivity contribution in [1.29, 1.82) is 0 Å². The molecule has 0 atom stereocenters. The average molecular weight is 303 g/mol. The van der Waals surface area contributed by atoms with Gasteiger partial charge in [-0.25, -0.2) is 0 Å². The van der Waals surface area contributed by atoms with Gasteiger partial charge in [0, 0.05) is 12.1 Å². The number of aliphatic hydroxyl groups excluding tert-OH is 1. The van der Waals surface area contributed by atoms with Crippen LogP contribution in [-0.4, -0.2) is 29.8 Å². The Morgan fingerprint density at radius 3 is 2.64 bits per heavy atom. The molecule has 1 aliphatic rings. The van der Waals surface area contributed by atoms with Crippen molar-refractivity contribution in [3.05, 3.63) is 47.4 Å². The maximum Gasteiger partial charge on any atom is 0.165 e. The van der Waals surface area contributed by atoms with Gasteiger partial charge < -0.3 is 19.0 Å². The van der Waals surface area contributed by atoms with Gasteiger partial charge in [-0.15, -0.1) is 0 Å². The summed E-state index contributed by atoms with van der Waals surface area (Å²) < 4.78 is 17.0. The molecule has 0 aliphatic carbocycles. The molecule has 3 rings (SSSR count). The van der Waals surface area contributed by atoms with E-state index in [-0.39, 0.29) is 6.61 Å². The summed E-state index contributed by atoms with van der Waals surface area (Å²) in [6.07, 6.45) is 0. The number of benzene rings is 1. The standard InChI is InChI=1S/C17H21NO4/c1-2-18(11-14-6-7-15(12-19)22-14)10-13-4-3-5-16-17(13)21-9-8-20-16/h3-7,19H,2,8-12H2,1H3. The fourth-order valence-corrected chi connectivity index (χ4v) is 2.59. The minimum atomic E-state index is -0.0660. The first-order chi connectivity index (χ1) is 10.8. The molecular formula is C17H21NO4. The summed E-state index contributed by atoms with van der Waals surface area (Å²) in [6, 6.07) is 9.72. The van der Waals surface area contributed by atoms with Gasteiger partial charge >= 0.3 is 0 Å². The lowest BCUT2D eigenvalue weighted by atomic mass is 10.1. The van der Waals surface area contributed by atoms with Crippen molar-refractivity contribution in [2.24, 2.45) is 0 Å². The molecule has 0 bridgehead atoms. The van der Waals surface area contributed by atoms with E-state index in [2.05, 4.69) is 17.9 Å². The van der Waals surface area contributed by atoms with Crippen molar-refractivity contribution in [3.8, 4) is 11.5 Å². The fourth-order valence-electron chi connectivity index (χ4n) is 2.59. The minimum absolute atomic E-state index is 0.0660. The third-order valence-electron chi connectivity index (χ3n) is 3.74. The number of para-hydroxylation sites is 1. The lowest BCUT2D eigenvalue weighted by Crippen LogP contribution is -2.24. The molecule has 0 amide bonds. The van der Waals surface area contributed by atoms with Gasteiger partial charge in [-0.2, -0.15) is 0 Å². The van der Waals surface area contributed by atoms with Crippen LogP contribution in [0.3, 0.4) is 0 Å². The zero-order valence-electron chi connectivity index (χ0n) is 12.7. The van der Waals surface area contributed by atoms with Gasteiger partial charge in [-0.05, 0) is 24.7 Å². The second kappa shape index (κ2) is 6.85. The lowest BCUT2D eigenvalue weighted by molar-refractivity contribution is 0.165. The van der Waals surface area contributed by atoms with E-state index in [0.29, 0.717) is 25.5 Å². The van der Waals surface area contributed by atoms with Crippen molar-refractivity contribution in [3.63, 3.8) is 0 Å². The largest absolute Gasteiger partial charge is 0.486 e. The summed E-state index contributed by atoms with van der Waals surface area (Å²) in [5, 5.41) is 9.07. The zero-order chi connectivity index (χ0) is 15.4. The van der Waals surface area contributed by atoms with Gasteiger partial charge in [0.05, 0.1) is 6.54 Å². The summed E-state index contributed by atoms with van der Waals surface area (Å²) in [7, 11) is 0. The molecule has 1 N–H and O–H groups in total. The zero-order valence-corrected chi connectivity index (χ0v) is 12.7. The van der Waals surface area contributed by atoms with Crippen LogP contribution in [0, 0.1) is 0 Å². The monoisotopic (exact) mass is 303 g/mol. The van der Waals surface area contributed by atoms with Gasteiger partial charge in [-0.3, -0.25) is 4.90 Å². The minimum Gasteiger partial charge on any atom is -0.486 e. The average Bonchev–Trinajstić information content (AvgIpc) is 3.02. The summed E-state index contributed by atoms with van der Waals surface area (Å²) >= 11 is 0. The Morgan fingerprint density at radius 2 is 1.86 bits per heavy atom. The highest BCUT2D eigenvalue weighted by Gasteiger charge is 2.17. The molecule has 1 aromatic carbocycles. The number of aliphatic hydroxyl groups is 1. The van der Waals surface area contributed by atoms with Crippen molar-refractivity contribution >= 4 is 0 Å². The Kier molecular flexibility index (Phi) is 4.65. The Morgan fingerprint density at radius 1 is 1.05 bits per heavy atom. The van der Waals surface area contributed by atoms with Gasteiger partial charge in [0.25, 0.3) is 0 Å². The van der Waals surface area contributed by atoms with E-state index in [0.717, 1.165) is 35.9 Å². The highest BCUT2D eigenvalue weighted by molar-refractivity contribution is 5.47. The maximum atomic E-state index is 9.07. The molecule has 1 aliphatic heterocycles. The van der Waals surface area contributed by atoms with Gasteiger partial charge in [-0.1, -0.05) is 19.1 Å². The molecule has 22 heavy (non-hydrogen) atoms. The van der Waals surface area contributed by atoms with Crippen LogP contribution in [-0.2, 0) is 19.7 Å². The van der Waals surface area contributed by atoms with Gasteiger partial charge in [0.2, 0.25) is 0 Å². The fraction of sp³-hybridized carbons (Fsp3) is 0.412. The van der Waals surface area contributed by atoms with E-state index in [9.17, 15) is 0 Å². The van der Waals surface area contributed by atoms with Crippen molar-refractivity contribution < 1.29 is 19.0 Å².